The Hall–Kier alpha value is -3.31. The summed E-state index contributed by atoms with van der Waals surface area (Å²) < 4.78 is 18.1. The number of anilines is 1. The number of hydrogen-bond acceptors (Lipinski definition) is 7. The average Bonchev–Trinajstić information content (AvgIpc) is 3.41. The van der Waals surface area contributed by atoms with Crippen LogP contribution >= 0.6 is 0 Å². The van der Waals surface area contributed by atoms with Gasteiger partial charge in [-0.3, -0.25) is 0 Å². The Morgan fingerprint density at radius 2 is 1.90 bits per heavy atom. The standard InChI is InChI=1S/C24H22N4O3/c25-12-17-7-4-8-18(11-17)19-9-10-26-24(27-19)28-20-14-30-23-21(15-31-22(20)23)29-13-16-5-2-1-3-6-16/h1-11,20-23H,13-15H2,(H,26,27,28)/t20-,21-,22-,23+/m0/s1. The largest absolute Gasteiger partial charge is 0.370 e. The van der Waals surface area contributed by atoms with E-state index < -0.39 is 0 Å². The molecule has 2 fully saturated rings. The van der Waals surface area contributed by atoms with Crippen LogP contribution in [0.3, 0.4) is 0 Å². The van der Waals surface area contributed by atoms with Crippen LogP contribution in [-0.2, 0) is 20.8 Å². The predicted octanol–water partition coefficient (Wildman–Crippen LogP) is 3.18. The van der Waals surface area contributed by atoms with E-state index in [4.69, 9.17) is 19.5 Å². The van der Waals surface area contributed by atoms with Crippen molar-refractivity contribution in [3.05, 3.63) is 78.0 Å². The van der Waals surface area contributed by atoms with Crippen LogP contribution < -0.4 is 5.32 Å². The van der Waals surface area contributed by atoms with Crippen molar-refractivity contribution in [1.82, 2.24) is 9.97 Å². The normalized spacial score (nSPS) is 24.5. The summed E-state index contributed by atoms with van der Waals surface area (Å²) in [5, 5.41) is 12.5. The zero-order valence-corrected chi connectivity index (χ0v) is 16.8. The second-order valence-electron chi connectivity index (χ2n) is 7.64. The summed E-state index contributed by atoms with van der Waals surface area (Å²) in [7, 11) is 0. The highest BCUT2D eigenvalue weighted by atomic mass is 16.6. The van der Waals surface area contributed by atoms with E-state index in [-0.39, 0.29) is 24.4 Å². The lowest BCUT2D eigenvalue weighted by Crippen LogP contribution is -2.37. The first-order chi connectivity index (χ1) is 15.3. The van der Waals surface area contributed by atoms with Crippen molar-refractivity contribution in [3.63, 3.8) is 0 Å². The first-order valence-electron chi connectivity index (χ1n) is 10.3. The summed E-state index contributed by atoms with van der Waals surface area (Å²) in [5.74, 6) is 0.506. The molecule has 0 spiro atoms. The molecule has 2 aliphatic rings. The molecule has 31 heavy (non-hydrogen) atoms. The van der Waals surface area contributed by atoms with Gasteiger partial charge in [0.15, 0.2) is 0 Å². The summed E-state index contributed by atoms with van der Waals surface area (Å²) in [6.45, 7) is 1.53. The Bertz CT molecular complexity index is 1090. The fourth-order valence-corrected chi connectivity index (χ4v) is 4.01. The molecule has 0 aliphatic carbocycles. The van der Waals surface area contributed by atoms with Gasteiger partial charge in [0.1, 0.15) is 18.3 Å². The van der Waals surface area contributed by atoms with E-state index in [0.717, 1.165) is 16.8 Å². The molecule has 2 aromatic carbocycles. The highest BCUT2D eigenvalue weighted by Gasteiger charge is 2.48. The molecule has 1 N–H and O–H groups in total. The van der Waals surface area contributed by atoms with Crippen molar-refractivity contribution >= 4 is 5.95 Å². The van der Waals surface area contributed by atoms with Crippen LogP contribution in [0.4, 0.5) is 5.95 Å². The summed E-state index contributed by atoms with van der Waals surface area (Å²) in [6.07, 6.45) is 1.38. The molecule has 3 aromatic rings. The van der Waals surface area contributed by atoms with E-state index in [9.17, 15) is 0 Å². The highest BCUT2D eigenvalue weighted by molar-refractivity contribution is 5.62. The van der Waals surface area contributed by atoms with Gasteiger partial charge >= 0.3 is 0 Å². The van der Waals surface area contributed by atoms with Gasteiger partial charge in [-0.05, 0) is 23.8 Å². The molecule has 2 aliphatic heterocycles. The molecule has 3 heterocycles. The molecule has 7 heteroatoms. The van der Waals surface area contributed by atoms with Crippen LogP contribution in [0, 0.1) is 11.3 Å². The maximum Gasteiger partial charge on any atom is 0.223 e. The van der Waals surface area contributed by atoms with Gasteiger partial charge in [0.2, 0.25) is 5.95 Å². The molecule has 0 bridgehead atoms. The Kier molecular flexibility index (Phi) is 5.59. The number of benzene rings is 2. The molecule has 156 valence electrons. The molecule has 0 radical (unpaired) electrons. The van der Waals surface area contributed by atoms with Crippen LogP contribution in [0.1, 0.15) is 11.1 Å². The topological polar surface area (TPSA) is 89.3 Å². The fraction of sp³-hybridized carbons (Fsp3) is 0.292. The second kappa shape index (κ2) is 8.82. The number of hydrogen-bond donors (Lipinski definition) is 1. The molecular formula is C24H22N4O3. The van der Waals surface area contributed by atoms with Gasteiger partial charge in [-0.25, -0.2) is 9.97 Å². The minimum absolute atomic E-state index is 0.0592. The molecule has 4 atom stereocenters. The molecule has 1 aromatic heterocycles. The van der Waals surface area contributed by atoms with Crippen molar-refractivity contribution < 1.29 is 14.2 Å². The van der Waals surface area contributed by atoms with Gasteiger partial charge in [-0.1, -0.05) is 42.5 Å². The number of nitrogens with one attached hydrogen (secondary N) is 1. The number of aromatic nitrogens is 2. The Morgan fingerprint density at radius 1 is 1.03 bits per heavy atom. The average molecular weight is 414 g/mol. The third-order valence-electron chi connectivity index (χ3n) is 5.57. The third-order valence-corrected chi connectivity index (χ3v) is 5.57. The van der Waals surface area contributed by atoms with Crippen LogP contribution in [0.25, 0.3) is 11.3 Å². The lowest BCUT2D eigenvalue weighted by molar-refractivity contribution is -0.0388. The smallest absolute Gasteiger partial charge is 0.223 e. The Morgan fingerprint density at radius 3 is 2.77 bits per heavy atom. The van der Waals surface area contributed by atoms with Gasteiger partial charge < -0.3 is 19.5 Å². The van der Waals surface area contributed by atoms with Crippen molar-refractivity contribution in [2.24, 2.45) is 0 Å². The van der Waals surface area contributed by atoms with E-state index in [2.05, 4.69) is 21.4 Å². The molecule has 5 rings (SSSR count). The van der Waals surface area contributed by atoms with Gasteiger partial charge in [-0.15, -0.1) is 0 Å². The van der Waals surface area contributed by atoms with Crippen molar-refractivity contribution in [1.29, 1.82) is 5.26 Å². The van der Waals surface area contributed by atoms with Crippen LogP contribution in [0.2, 0.25) is 0 Å². The molecule has 2 saturated heterocycles. The van der Waals surface area contributed by atoms with E-state index in [0.29, 0.717) is 31.3 Å². The molecule has 0 amide bonds. The van der Waals surface area contributed by atoms with E-state index in [1.54, 1.807) is 12.3 Å². The first kappa shape index (κ1) is 19.6. The monoisotopic (exact) mass is 414 g/mol. The minimum Gasteiger partial charge on any atom is -0.370 e. The number of nitrogens with zero attached hydrogens (tertiary/aromatic N) is 3. The fourth-order valence-electron chi connectivity index (χ4n) is 4.01. The van der Waals surface area contributed by atoms with Gasteiger partial charge in [0, 0.05) is 11.8 Å². The van der Waals surface area contributed by atoms with Crippen LogP contribution in [0.15, 0.2) is 66.9 Å². The maximum absolute atomic E-state index is 9.13. The Balaban J connectivity index is 1.23. The Labute approximate surface area is 180 Å². The minimum atomic E-state index is -0.116. The summed E-state index contributed by atoms with van der Waals surface area (Å²) in [6, 6.07) is 21.4. The lowest BCUT2D eigenvalue weighted by atomic mass is 10.1. The number of ether oxygens (including phenoxy) is 3. The molecular weight excluding hydrogens is 392 g/mol. The molecule has 7 nitrogen and oxygen atoms in total. The highest BCUT2D eigenvalue weighted by Crippen LogP contribution is 2.31. The van der Waals surface area contributed by atoms with E-state index in [1.807, 2.05) is 54.6 Å². The first-order valence-corrected chi connectivity index (χ1v) is 10.3. The number of fused-ring (bicyclic) bond motifs is 1. The van der Waals surface area contributed by atoms with Crippen molar-refractivity contribution in [3.8, 4) is 17.3 Å². The van der Waals surface area contributed by atoms with Gasteiger partial charge in [0.05, 0.1) is 43.2 Å². The summed E-state index contributed by atoms with van der Waals surface area (Å²) in [5.41, 5.74) is 3.35. The zero-order chi connectivity index (χ0) is 21.0. The summed E-state index contributed by atoms with van der Waals surface area (Å²) in [4.78, 5) is 8.97. The van der Waals surface area contributed by atoms with E-state index >= 15 is 0 Å². The van der Waals surface area contributed by atoms with E-state index in [1.165, 1.54) is 0 Å². The molecule has 0 unspecified atom stereocenters. The number of nitriles is 1. The van der Waals surface area contributed by atoms with Crippen LogP contribution in [0.5, 0.6) is 0 Å². The quantitative estimate of drug-likeness (QED) is 0.663. The predicted molar refractivity (Wildman–Crippen MR) is 114 cm³/mol. The second-order valence-corrected chi connectivity index (χ2v) is 7.64. The lowest BCUT2D eigenvalue weighted by Gasteiger charge is -2.18. The SMILES string of the molecule is N#Cc1cccc(-c2ccnc(N[C@H]3CO[C@H]4[C@H]3OC[C@@H]4OCc3ccccc3)n2)c1. The zero-order valence-electron chi connectivity index (χ0n) is 16.8. The maximum atomic E-state index is 9.13. The van der Waals surface area contributed by atoms with Crippen molar-refractivity contribution in [2.45, 2.75) is 31.0 Å². The van der Waals surface area contributed by atoms with Crippen molar-refractivity contribution in [2.75, 3.05) is 18.5 Å². The van der Waals surface area contributed by atoms with Crippen LogP contribution in [-0.4, -0.2) is 47.5 Å². The number of rotatable bonds is 6. The third kappa shape index (κ3) is 4.28. The van der Waals surface area contributed by atoms with Gasteiger partial charge in [0.25, 0.3) is 0 Å². The van der Waals surface area contributed by atoms with Gasteiger partial charge in [-0.2, -0.15) is 5.26 Å². The molecule has 0 saturated carbocycles. The summed E-state index contributed by atoms with van der Waals surface area (Å²) >= 11 is 0.